The Hall–Kier alpha value is -1.40. The molecule has 1 rings (SSSR count). The summed E-state index contributed by atoms with van der Waals surface area (Å²) in [5.41, 5.74) is 0.519. The van der Waals surface area contributed by atoms with E-state index in [0.29, 0.717) is 5.57 Å². The number of nitrogens with zero attached hydrogens (tertiary/aromatic N) is 1. The summed E-state index contributed by atoms with van der Waals surface area (Å²) in [6.07, 6.45) is -2.66. The van der Waals surface area contributed by atoms with Gasteiger partial charge < -0.3 is 14.9 Å². The summed E-state index contributed by atoms with van der Waals surface area (Å²) in [6, 6.07) is -0.342. The molecule has 6 nitrogen and oxygen atoms in total. The number of cyclic esters (lactones) is 1. The molecule has 0 aliphatic carbocycles. The number of aliphatic hydroxyl groups is 2. The van der Waals surface area contributed by atoms with Gasteiger partial charge in [0, 0.05) is 5.92 Å². The lowest BCUT2D eigenvalue weighted by Gasteiger charge is -2.30. The van der Waals surface area contributed by atoms with E-state index < -0.39 is 36.0 Å². The molecule has 0 bridgehead atoms. The predicted octanol–water partition coefficient (Wildman–Crippen LogP) is 0.924. The second-order valence-corrected chi connectivity index (χ2v) is 5.56. The minimum atomic E-state index is -1.07. The van der Waals surface area contributed by atoms with Gasteiger partial charge in [0.25, 0.3) is 0 Å². The zero-order valence-electron chi connectivity index (χ0n) is 12.4. The van der Waals surface area contributed by atoms with Crippen LogP contribution in [-0.4, -0.2) is 52.0 Å². The molecule has 0 unspecified atom stereocenters. The number of carbonyl (C=O) groups excluding carboxylic acids is 2. The third kappa shape index (κ3) is 3.19. The first-order valence-corrected chi connectivity index (χ1v) is 6.69. The molecular formula is C14H23NO5. The van der Waals surface area contributed by atoms with E-state index in [0.717, 1.165) is 4.90 Å². The molecule has 1 aliphatic heterocycles. The van der Waals surface area contributed by atoms with Gasteiger partial charge in [-0.2, -0.15) is 0 Å². The fourth-order valence-electron chi connectivity index (χ4n) is 2.28. The second-order valence-electron chi connectivity index (χ2n) is 5.56. The molecule has 0 spiro atoms. The molecule has 0 saturated carbocycles. The van der Waals surface area contributed by atoms with E-state index in [4.69, 9.17) is 4.74 Å². The van der Waals surface area contributed by atoms with Crippen LogP contribution in [0.5, 0.6) is 0 Å². The Kier molecular flexibility index (Phi) is 5.30. The molecule has 0 aromatic heterocycles. The van der Waals surface area contributed by atoms with Crippen LogP contribution in [0.1, 0.15) is 27.7 Å². The largest absolute Gasteiger partial charge is 0.447 e. The van der Waals surface area contributed by atoms with Crippen LogP contribution in [0.15, 0.2) is 12.2 Å². The minimum absolute atomic E-state index is 0.164. The highest BCUT2D eigenvalue weighted by Crippen LogP contribution is 2.24. The zero-order chi connectivity index (χ0) is 15.6. The zero-order valence-corrected chi connectivity index (χ0v) is 12.4. The Morgan fingerprint density at radius 2 is 2.00 bits per heavy atom. The summed E-state index contributed by atoms with van der Waals surface area (Å²) in [4.78, 5) is 24.8. The third-order valence-corrected chi connectivity index (χ3v) is 3.77. The number of amides is 2. The van der Waals surface area contributed by atoms with Gasteiger partial charge in [0.1, 0.15) is 6.61 Å². The van der Waals surface area contributed by atoms with E-state index in [1.54, 1.807) is 20.8 Å². The fraction of sp³-hybridized carbons (Fsp3) is 0.714. The lowest BCUT2D eigenvalue weighted by atomic mass is 9.86. The molecule has 0 aromatic carbocycles. The summed E-state index contributed by atoms with van der Waals surface area (Å²) >= 11 is 0. The maximum absolute atomic E-state index is 12.3. The lowest BCUT2D eigenvalue weighted by Crippen LogP contribution is -2.46. The highest BCUT2D eigenvalue weighted by atomic mass is 16.6. The summed E-state index contributed by atoms with van der Waals surface area (Å²) in [7, 11) is 0. The summed E-state index contributed by atoms with van der Waals surface area (Å²) in [6.45, 7) is 10.3. The van der Waals surface area contributed by atoms with Crippen LogP contribution in [0.2, 0.25) is 0 Å². The quantitative estimate of drug-likeness (QED) is 0.734. The smallest absolute Gasteiger partial charge is 0.416 e. The number of carbonyl (C=O) groups is 2. The van der Waals surface area contributed by atoms with Gasteiger partial charge in [0.2, 0.25) is 5.91 Å². The first-order chi connectivity index (χ1) is 9.18. The summed E-state index contributed by atoms with van der Waals surface area (Å²) in [5.74, 6) is -1.86. The Labute approximate surface area is 119 Å². The van der Waals surface area contributed by atoms with Crippen molar-refractivity contribution in [3.05, 3.63) is 12.2 Å². The van der Waals surface area contributed by atoms with Crippen LogP contribution in [0.25, 0.3) is 0 Å². The number of ether oxygens (including phenoxy) is 1. The topological polar surface area (TPSA) is 87.1 Å². The van der Waals surface area contributed by atoms with Crippen molar-refractivity contribution in [1.29, 1.82) is 0 Å². The van der Waals surface area contributed by atoms with Gasteiger partial charge in [-0.15, -0.1) is 0 Å². The number of imide groups is 1. The number of hydrogen-bond acceptors (Lipinski definition) is 5. The third-order valence-electron chi connectivity index (χ3n) is 3.77. The van der Waals surface area contributed by atoms with Crippen LogP contribution < -0.4 is 0 Å². The van der Waals surface area contributed by atoms with Gasteiger partial charge >= 0.3 is 6.09 Å². The summed E-state index contributed by atoms with van der Waals surface area (Å²) in [5, 5.41) is 20.1. The molecule has 1 heterocycles. The number of aliphatic hydroxyl groups excluding tert-OH is 2. The molecule has 2 amide bonds. The van der Waals surface area contributed by atoms with Crippen molar-refractivity contribution in [2.45, 2.75) is 45.9 Å². The predicted molar refractivity (Wildman–Crippen MR) is 72.8 cm³/mol. The highest BCUT2D eigenvalue weighted by Gasteiger charge is 2.41. The Bertz CT molecular complexity index is 408. The van der Waals surface area contributed by atoms with E-state index in [2.05, 4.69) is 6.58 Å². The van der Waals surface area contributed by atoms with Crippen LogP contribution in [-0.2, 0) is 9.53 Å². The van der Waals surface area contributed by atoms with Gasteiger partial charge in [-0.05, 0) is 13.8 Å². The Balaban J connectivity index is 2.78. The molecule has 6 heteroatoms. The SMILES string of the molecule is C=C(C)[C@H](O)[C@@H](C)[C@@H](O)[C@H](C)C(=O)N1C(=O)OC[C@@H]1C. The van der Waals surface area contributed by atoms with Crippen molar-refractivity contribution >= 4 is 12.0 Å². The molecule has 1 fully saturated rings. The molecule has 1 saturated heterocycles. The second kappa shape index (κ2) is 6.37. The van der Waals surface area contributed by atoms with Gasteiger partial charge in [0.05, 0.1) is 24.2 Å². The van der Waals surface area contributed by atoms with Gasteiger partial charge in [0.15, 0.2) is 0 Å². The minimum Gasteiger partial charge on any atom is -0.447 e. The van der Waals surface area contributed by atoms with E-state index in [-0.39, 0.29) is 12.6 Å². The molecule has 0 radical (unpaired) electrons. The fourth-order valence-corrected chi connectivity index (χ4v) is 2.28. The van der Waals surface area contributed by atoms with Gasteiger partial charge in [-0.1, -0.05) is 26.0 Å². The van der Waals surface area contributed by atoms with Gasteiger partial charge in [-0.3, -0.25) is 4.79 Å². The van der Waals surface area contributed by atoms with Crippen molar-refractivity contribution in [3.8, 4) is 0 Å². The monoisotopic (exact) mass is 285 g/mol. The van der Waals surface area contributed by atoms with Crippen molar-refractivity contribution in [2.24, 2.45) is 11.8 Å². The first kappa shape index (κ1) is 16.7. The van der Waals surface area contributed by atoms with Crippen LogP contribution in [0.3, 0.4) is 0 Å². The van der Waals surface area contributed by atoms with Gasteiger partial charge in [-0.25, -0.2) is 9.69 Å². The summed E-state index contributed by atoms with van der Waals surface area (Å²) < 4.78 is 4.80. The van der Waals surface area contributed by atoms with Crippen molar-refractivity contribution in [1.82, 2.24) is 4.90 Å². The molecule has 114 valence electrons. The molecule has 1 aliphatic rings. The molecule has 5 atom stereocenters. The maximum Gasteiger partial charge on any atom is 0.416 e. The maximum atomic E-state index is 12.3. The molecule has 0 aromatic rings. The molecule has 20 heavy (non-hydrogen) atoms. The lowest BCUT2D eigenvalue weighted by molar-refractivity contribution is -0.138. The van der Waals surface area contributed by atoms with Crippen molar-refractivity contribution in [3.63, 3.8) is 0 Å². The van der Waals surface area contributed by atoms with E-state index in [1.165, 1.54) is 6.92 Å². The van der Waals surface area contributed by atoms with Crippen LogP contribution >= 0.6 is 0 Å². The Morgan fingerprint density at radius 1 is 1.45 bits per heavy atom. The average molecular weight is 285 g/mol. The van der Waals surface area contributed by atoms with Crippen molar-refractivity contribution < 1.29 is 24.5 Å². The Morgan fingerprint density at radius 3 is 2.40 bits per heavy atom. The normalized spacial score (nSPS) is 24.8. The van der Waals surface area contributed by atoms with Crippen LogP contribution in [0, 0.1) is 11.8 Å². The first-order valence-electron chi connectivity index (χ1n) is 6.69. The number of rotatable bonds is 5. The van der Waals surface area contributed by atoms with E-state index in [9.17, 15) is 19.8 Å². The molecular weight excluding hydrogens is 262 g/mol. The van der Waals surface area contributed by atoms with Crippen LogP contribution in [0.4, 0.5) is 4.79 Å². The standard InChI is InChI=1S/C14H23NO5/c1-7(2)11(16)9(4)12(17)10(5)13(18)15-8(3)6-20-14(15)19/h8-12,16-17H,1,6H2,2-5H3/t8-,9+,10-,11-,12+/m0/s1. The van der Waals surface area contributed by atoms with E-state index in [1.807, 2.05) is 0 Å². The van der Waals surface area contributed by atoms with Crippen molar-refractivity contribution in [2.75, 3.05) is 6.61 Å². The average Bonchev–Trinajstić information content (AvgIpc) is 2.73. The van der Waals surface area contributed by atoms with E-state index >= 15 is 0 Å². The molecule has 2 N–H and O–H groups in total. The number of hydrogen-bond donors (Lipinski definition) is 2. The highest BCUT2D eigenvalue weighted by molar-refractivity contribution is 5.94.